The quantitative estimate of drug-likeness (QED) is 0.0320. The number of ether oxygens (including phenoxy) is 1. The van der Waals surface area contributed by atoms with Crippen molar-refractivity contribution in [1.29, 1.82) is 0 Å². The first-order chi connectivity index (χ1) is 40.0. The zero-order valence-corrected chi connectivity index (χ0v) is 55.3. The molecule has 3 N–H and O–H groups in total. The molecule has 0 aromatic carbocycles. The number of allylic oxidation sites excluding steroid dienone is 1. The lowest BCUT2D eigenvalue weighted by atomic mass is 10.0. The summed E-state index contributed by atoms with van der Waals surface area (Å²) in [6.07, 6.45) is 88.9. The Labute approximate surface area is 508 Å². The van der Waals surface area contributed by atoms with Gasteiger partial charge in [0.1, 0.15) is 0 Å². The Morgan fingerprint density at radius 2 is 0.568 bits per heavy atom. The van der Waals surface area contributed by atoms with E-state index in [0.29, 0.717) is 19.4 Å². The number of carbonyl (C=O) groups excluding carboxylic acids is 2. The van der Waals surface area contributed by atoms with Crippen LogP contribution in [0, 0.1) is 0 Å². The van der Waals surface area contributed by atoms with Crippen LogP contribution in [0.4, 0.5) is 0 Å². The van der Waals surface area contributed by atoms with Gasteiger partial charge in [-0.3, -0.25) is 9.59 Å². The van der Waals surface area contributed by atoms with Gasteiger partial charge in [-0.25, -0.2) is 0 Å². The van der Waals surface area contributed by atoms with E-state index in [1.54, 1.807) is 6.08 Å². The molecule has 0 saturated heterocycles. The van der Waals surface area contributed by atoms with E-state index in [0.717, 1.165) is 38.5 Å². The summed E-state index contributed by atoms with van der Waals surface area (Å²) in [5, 5.41) is 23.2. The molecule has 2 atom stereocenters. The maximum atomic E-state index is 12.5. The van der Waals surface area contributed by atoms with Gasteiger partial charge in [0.15, 0.2) is 0 Å². The third-order valence-corrected chi connectivity index (χ3v) is 17.8. The highest BCUT2D eigenvalue weighted by Crippen LogP contribution is 2.20. The van der Waals surface area contributed by atoms with Crippen LogP contribution in [0.2, 0.25) is 0 Å². The van der Waals surface area contributed by atoms with Crippen LogP contribution in [-0.2, 0) is 14.3 Å². The Balaban J connectivity index is 3.30. The number of nitrogens with one attached hydrogen (secondary N) is 1. The van der Waals surface area contributed by atoms with Crippen LogP contribution in [0.1, 0.15) is 431 Å². The van der Waals surface area contributed by atoms with Gasteiger partial charge in [-0.05, 0) is 32.1 Å². The van der Waals surface area contributed by atoms with E-state index in [4.69, 9.17) is 4.74 Å². The van der Waals surface area contributed by atoms with Gasteiger partial charge in [-0.2, -0.15) is 0 Å². The number of hydrogen-bond acceptors (Lipinski definition) is 5. The van der Waals surface area contributed by atoms with Crippen LogP contribution in [0.3, 0.4) is 0 Å². The van der Waals surface area contributed by atoms with Crippen molar-refractivity contribution in [2.45, 2.75) is 443 Å². The predicted octanol–water partition coefficient (Wildman–Crippen LogP) is 24.3. The molecular formula is C75H147NO5. The Morgan fingerprint density at radius 1 is 0.333 bits per heavy atom. The van der Waals surface area contributed by atoms with Crippen molar-refractivity contribution in [1.82, 2.24) is 5.32 Å². The van der Waals surface area contributed by atoms with Gasteiger partial charge in [-0.15, -0.1) is 0 Å². The van der Waals surface area contributed by atoms with Crippen molar-refractivity contribution in [3.63, 3.8) is 0 Å². The van der Waals surface area contributed by atoms with E-state index in [2.05, 4.69) is 19.2 Å². The molecule has 0 rings (SSSR count). The maximum absolute atomic E-state index is 12.5. The minimum Gasteiger partial charge on any atom is -0.466 e. The van der Waals surface area contributed by atoms with Gasteiger partial charge in [0.2, 0.25) is 5.91 Å². The molecule has 0 heterocycles. The largest absolute Gasteiger partial charge is 0.466 e. The lowest BCUT2D eigenvalue weighted by Gasteiger charge is -2.20. The average molecular weight is 1140 g/mol. The predicted molar refractivity (Wildman–Crippen MR) is 357 cm³/mol. The highest BCUT2D eigenvalue weighted by molar-refractivity contribution is 5.76. The molecule has 81 heavy (non-hydrogen) atoms. The standard InChI is InChI=1S/C75H147NO5/c1-3-5-7-9-11-13-15-17-19-20-38-41-45-49-53-57-61-65-69-75(80)81-70-66-62-58-54-50-46-42-39-36-34-32-30-28-26-24-22-21-23-25-27-29-31-33-35-37-40-44-48-52-56-60-64-68-74(79)76-72(71-77)73(78)67-63-59-55-51-47-43-18-16-14-12-10-8-6-4-2/h63,67,72-73,77-78H,3-62,64-66,68-71H2,1-2H3,(H,76,79)/b67-63+. The topological polar surface area (TPSA) is 95.9 Å². The van der Waals surface area contributed by atoms with Crippen molar-refractivity contribution in [3.05, 3.63) is 12.2 Å². The molecule has 482 valence electrons. The lowest BCUT2D eigenvalue weighted by molar-refractivity contribution is -0.143. The molecule has 0 bridgehead atoms. The number of amides is 1. The molecular weight excluding hydrogens is 995 g/mol. The van der Waals surface area contributed by atoms with Gasteiger partial charge < -0.3 is 20.3 Å². The smallest absolute Gasteiger partial charge is 0.305 e. The molecule has 6 heteroatoms. The fourth-order valence-corrected chi connectivity index (χ4v) is 12.1. The molecule has 1 amide bonds. The lowest BCUT2D eigenvalue weighted by Crippen LogP contribution is -2.45. The number of carbonyl (C=O) groups is 2. The summed E-state index contributed by atoms with van der Waals surface area (Å²) in [5.74, 6) is -0.0343. The van der Waals surface area contributed by atoms with Crippen molar-refractivity contribution in [2.24, 2.45) is 0 Å². The number of aliphatic hydroxyl groups excluding tert-OH is 2. The summed E-state index contributed by atoms with van der Waals surface area (Å²) < 4.78 is 5.52. The second kappa shape index (κ2) is 71.1. The normalized spacial score (nSPS) is 12.5. The molecule has 6 nitrogen and oxygen atoms in total. The number of esters is 1. The van der Waals surface area contributed by atoms with Crippen molar-refractivity contribution in [2.75, 3.05) is 13.2 Å². The summed E-state index contributed by atoms with van der Waals surface area (Å²) in [7, 11) is 0. The minimum atomic E-state index is -0.840. The van der Waals surface area contributed by atoms with Gasteiger partial charge >= 0.3 is 5.97 Å². The molecule has 0 fully saturated rings. The van der Waals surface area contributed by atoms with Crippen LogP contribution in [0.15, 0.2) is 12.2 Å². The van der Waals surface area contributed by atoms with E-state index in [-0.39, 0.29) is 18.5 Å². The first-order valence-corrected chi connectivity index (χ1v) is 37.5. The first kappa shape index (κ1) is 79.6. The van der Waals surface area contributed by atoms with Crippen LogP contribution < -0.4 is 5.32 Å². The van der Waals surface area contributed by atoms with E-state index >= 15 is 0 Å². The number of hydrogen-bond donors (Lipinski definition) is 3. The number of rotatable bonds is 71. The van der Waals surface area contributed by atoms with E-state index < -0.39 is 12.1 Å². The van der Waals surface area contributed by atoms with Crippen LogP contribution in [0.25, 0.3) is 0 Å². The molecule has 0 aliphatic heterocycles. The zero-order valence-electron chi connectivity index (χ0n) is 55.3. The third-order valence-electron chi connectivity index (χ3n) is 17.8. The Kier molecular flexibility index (Phi) is 69.9. The third kappa shape index (κ3) is 67.6. The van der Waals surface area contributed by atoms with E-state index in [1.165, 1.54) is 366 Å². The Morgan fingerprint density at radius 3 is 0.840 bits per heavy atom. The Bertz CT molecular complexity index is 1220. The van der Waals surface area contributed by atoms with E-state index in [9.17, 15) is 19.8 Å². The van der Waals surface area contributed by atoms with Crippen LogP contribution >= 0.6 is 0 Å². The maximum Gasteiger partial charge on any atom is 0.305 e. The summed E-state index contributed by atoms with van der Waals surface area (Å²) in [6.45, 7) is 4.95. The fraction of sp³-hybridized carbons (Fsp3) is 0.947. The number of unbranched alkanes of at least 4 members (excludes halogenated alkanes) is 60. The minimum absolute atomic E-state index is 0.0264. The SMILES string of the molecule is CCCCCCCCCCCCCC/C=C/C(O)C(CO)NC(=O)CCCCCCCCCCCCCCCCCCCCCCCCCCCCCCCCCCOC(=O)CCCCCCCCCCCCCCCCCCCC. The van der Waals surface area contributed by atoms with Crippen LogP contribution in [-0.4, -0.2) is 47.4 Å². The van der Waals surface area contributed by atoms with Crippen molar-refractivity contribution in [3.8, 4) is 0 Å². The van der Waals surface area contributed by atoms with Crippen LogP contribution in [0.5, 0.6) is 0 Å². The second-order valence-electron chi connectivity index (χ2n) is 26.0. The number of aliphatic hydroxyl groups is 2. The summed E-state index contributed by atoms with van der Waals surface area (Å²) in [5.41, 5.74) is 0. The summed E-state index contributed by atoms with van der Waals surface area (Å²) >= 11 is 0. The second-order valence-corrected chi connectivity index (χ2v) is 26.0. The molecule has 0 aliphatic carbocycles. The molecule has 0 aromatic rings. The molecule has 0 spiro atoms. The highest BCUT2D eigenvalue weighted by atomic mass is 16.5. The average Bonchev–Trinajstić information content (AvgIpc) is 3.47. The van der Waals surface area contributed by atoms with Gasteiger partial charge in [0, 0.05) is 12.8 Å². The fourth-order valence-electron chi connectivity index (χ4n) is 12.1. The van der Waals surface area contributed by atoms with Gasteiger partial charge in [0.25, 0.3) is 0 Å². The molecule has 0 radical (unpaired) electrons. The van der Waals surface area contributed by atoms with Crippen molar-refractivity contribution < 1.29 is 24.5 Å². The zero-order chi connectivity index (χ0) is 58.5. The summed E-state index contributed by atoms with van der Waals surface area (Å²) in [4.78, 5) is 24.6. The van der Waals surface area contributed by atoms with E-state index in [1.807, 2.05) is 6.08 Å². The molecule has 0 aromatic heterocycles. The molecule has 2 unspecified atom stereocenters. The molecule has 0 aliphatic rings. The van der Waals surface area contributed by atoms with Crippen molar-refractivity contribution >= 4 is 11.9 Å². The summed E-state index contributed by atoms with van der Waals surface area (Å²) in [6, 6.07) is -0.623. The van der Waals surface area contributed by atoms with Gasteiger partial charge in [0.05, 0.1) is 25.4 Å². The Hall–Kier alpha value is -1.40. The molecule has 0 saturated carbocycles. The monoisotopic (exact) mass is 1140 g/mol. The highest BCUT2D eigenvalue weighted by Gasteiger charge is 2.18. The first-order valence-electron chi connectivity index (χ1n) is 37.5. The van der Waals surface area contributed by atoms with Gasteiger partial charge in [-0.1, -0.05) is 398 Å².